The number of nitrogen functional groups attached to an aromatic ring is 1. The molecule has 0 bridgehead atoms. The largest absolute Gasteiger partial charge is 0.444 e. The van der Waals surface area contributed by atoms with Crippen molar-refractivity contribution < 1.29 is 14.3 Å². The summed E-state index contributed by atoms with van der Waals surface area (Å²) in [5.41, 5.74) is 7.69. The van der Waals surface area contributed by atoms with Gasteiger partial charge in [0.25, 0.3) is 0 Å². The lowest BCUT2D eigenvalue weighted by atomic mass is 9.99. The molecule has 36 heavy (non-hydrogen) atoms. The number of carbonyl (C=O) groups excluding carboxylic acids is 1. The van der Waals surface area contributed by atoms with Crippen LogP contribution < -0.4 is 15.5 Å². The first kappa shape index (κ1) is 24.5. The quantitative estimate of drug-likeness (QED) is 0.678. The van der Waals surface area contributed by atoms with Gasteiger partial charge in [-0.1, -0.05) is 0 Å². The molecule has 5 rings (SSSR count). The van der Waals surface area contributed by atoms with Crippen LogP contribution in [-0.4, -0.2) is 87.5 Å². The predicted molar refractivity (Wildman–Crippen MR) is 137 cm³/mol. The first-order valence-electron chi connectivity index (χ1n) is 12.6. The summed E-state index contributed by atoms with van der Waals surface area (Å²) in [5, 5.41) is 0. The van der Waals surface area contributed by atoms with Gasteiger partial charge < -0.3 is 29.9 Å². The van der Waals surface area contributed by atoms with Crippen molar-refractivity contribution in [1.82, 2.24) is 24.8 Å². The van der Waals surface area contributed by atoms with Crippen LogP contribution in [0.25, 0.3) is 11.3 Å². The van der Waals surface area contributed by atoms with E-state index in [9.17, 15) is 4.79 Å². The lowest BCUT2D eigenvalue weighted by Gasteiger charge is -2.38. The van der Waals surface area contributed by atoms with Crippen LogP contribution in [0.5, 0.6) is 0 Å². The molecule has 2 aromatic heterocycles. The number of carbonyl (C=O) groups is 1. The van der Waals surface area contributed by atoms with Gasteiger partial charge in [-0.25, -0.2) is 19.7 Å². The smallest absolute Gasteiger partial charge is 0.410 e. The maximum atomic E-state index is 12.8. The summed E-state index contributed by atoms with van der Waals surface area (Å²) < 4.78 is 11.3. The molecule has 0 saturated carbocycles. The molecule has 194 valence electrons. The molecule has 0 unspecified atom stereocenters. The number of amides is 1. The topological polar surface area (TPSA) is 123 Å². The van der Waals surface area contributed by atoms with E-state index < -0.39 is 5.60 Å². The highest BCUT2D eigenvalue weighted by Crippen LogP contribution is 2.41. The number of aromatic nitrogens is 4. The van der Waals surface area contributed by atoms with E-state index in [-0.39, 0.29) is 23.6 Å². The average Bonchev–Trinajstić information content (AvgIpc) is 3.43. The minimum atomic E-state index is -0.524. The number of ether oxygens (including phenoxy) is 2. The highest BCUT2D eigenvalue weighted by atomic mass is 16.6. The molecule has 0 radical (unpaired) electrons. The number of hydrogen-bond acceptors (Lipinski definition) is 10. The third-order valence-corrected chi connectivity index (χ3v) is 7.14. The number of rotatable bonds is 3. The van der Waals surface area contributed by atoms with Gasteiger partial charge in [0, 0.05) is 49.7 Å². The minimum Gasteiger partial charge on any atom is -0.444 e. The number of fused-ring (bicyclic) bond motifs is 1. The van der Waals surface area contributed by atoms with Crippen LogP contribution in [-0.2, 0) is 15.9 Å². The van der Waals surface area contributed by atoms with Gasteiger partial charge in [-0.3, -0.25) is 0 Å². The van der Waals surface area contributed by atoms with E-state index in [1.807, 2.05) is 25.7 Å². The van der Waals surface area contributed by atoms with E-state index in [1.54, 1.807) is 12.4 Å². The minimum absolute atomic E-state index is 0.159. The molecule has 5 heterocycles. The summed E-state index contributed by atoms with van der Waals surface area (Å²) in [7, 11) is 0. The SMILES string of the molecule is C[C@@H]1COCCN1c1nc(-c2cnc(N)nc2)c2c(n1)N([C@]1(C)CCN(C(=O)OC(C)(C)C)C1)CC2. The fourth-order valence-corrected chi connectivity index (χ4v) is 5.27. The van der Waals surface area contributed by atoms with E-state index in [0.29, 0.717) is 32.3 Å². The number of nitrogens with two attached hydrogens (primary N) is 1. The Bertz CT molecular complexity index is 1140. The standard InChI is InChI=1S/C25H36N8O3/c1-16-14-35-11-10-32(16)22-29-19(17-12-27-21(26)28-13-17)18-6-8-33(20(18)30-22)25(5)7-9-31(15-25)23(34)36-24(2,3)4/h12-13,16H,6-11,14-15H2,1-5H3,(H2,26,27,28)/t16-,25-/m1/s1. The number of morpholine rings is 1. The van der Waals surface area contributed by atoms with Crippen molar-refractivity contribution in [2.75, 3.05) is 54.9 Å². The van der Waals surface area contributed by atoms with E-state index in [2.05, 4.69) is 33.6 Å². The molecule has 3 aliphatic rings. The molecule has 2 saturated heterocycles. The highest BCUT2D eigenvalue weighted by Gasteiger charge is 2.45. The Morgan fingerprint density at radius 2 is 1.94 bits per heavy atom. The van der Waals surface area contributed by atoms with Gasteiger partial charge in [-0.2, -0.15) is 4.98 Å². The van der Waals surface area contributed by atoms with Crippen LogP contribution in [0.2, 0.25) is 0 Å². The van der Waals surface area contributed by atoms with E-state index in [0.717, 1.165) is 48.6 Å². The molecular weight excluding hydrogens is 460 g/mol. The zero-order chi connectivity index (χ0) is 25.7. The lowest BCUT2D eigenvalue weighted by Crippen LogP contribution is -2.49. The summed E-state index contributed by atoms with van der Waals surface area (Å²) in [6.07, 6.45) is 4.81. The van der Waals surface area contributed by atoms with Crippen LogP contribution in [0.1, 0.15) is 46.6 Å². The second-order valence-electron chi connectivity index (χ2n) is 11.2. The van der Waals surface area contributed by atoms with Crippen molar-refractivity contribution >= 4 is 23.8 Å². The zero-order valence-corrected chi connectivity index (χ0v) is 21.8. The molecule has 2 aromatic rings. The maximum absolute atomic E-state index is 12.8. The average molecular weight is 497 g/mol. The fourth-order valence-electron chi connectivity index (χ4n) is 5.27. The van der Waals surface area contributed by atoms with Gasteiger partial charge in [0.1, 0.15) is 11.4 Å². The second kappa shape index (κ2) is 9.02. The summed E-state index contributed by atoms with van der Waals surface area (Å²) in [5.74, 6) is 1.82. The Balaban J connectivity index is 1.51. The molecule has 2 fully saturated rings. The number of likely N-dealkylation sites (tertiary alicyclic amines) is 1. The van der Waals surface area contributed by atoms with Gasteiger partial charge in [0.05, 0.1) is 30.5 Å². The molecular formula is C25H36N8O3. The number of anilines is 3. The second-order valence-corrected chi connectivity index (χ2v) is 11.2. The van der Waals surface area contributed by atoms with Crippen LogP contribution in [0, 0.1) is 0 Å². The van der Waals surface area contributed by atoms with Crippen molar-refractivity contribution in [3.05, 3.63) is 18.0 Å². The van der Waals surface area contributed by atoms with Gasteiger partial charge in [-0.15, -0.1) is 0 Å². The monoisotopic (exact) mass is 496 g/mol. The zero-order valence-electron chi connectivity index (χ0n) is 21.8. The fraction of sp³-hybridized carbons (Fsp3) is 0.640. The highest BCUT2D eigenvalue weighted by molar-refractivity contribution is 5.74. The van der Waals surface area contributed by atoms with Crippen molar-refractivity contribution in [3.63, 3.8) is 0 Å². The Kier molecular flexibility index (Phi) is 6.14. The van der Waals surface area contributed by atoms with Crippen molar-refractivity contribution in [1.29, 1.82) is 0 Å². The van der Waals surface area contributed by atoms with Crippen LogP contribution in [0.3, 0.4) is 0 Å². The normalized spacial score (nSPS) is 24.2. The first-order valence-corrected chi connectivity index (χ1v) is 12.6. The van der Waals surface area contributed by atoms with Crippen molar-refractivity contribution in [3.8, 4) is 11.3 Å². The van der Waals surface area contributed by atoms with E-state index in [4.69, 9.17) is 25.2 Å². The Labute approximate surface area is 212 Å². The lowest BCUT2D eigenvalue weighted by molar-refractivity contribution is 0.0285. The molecule has 0 spiro atoms. The van der Waals surface area contributed by atoms with Gasteiger partial charge in [0.15, 0.2) is 0 Å². The third-order valence-electron chi connectivity index (χ3n) is 7.14. The number of nitrogens with zero attached hydrogens (tertiary/aromatic N) is 7. The van der Waals surface area contributed by atoms with Gasteiger partial charge >= 0.3 is 6.09 Å². The van der Waals surface area contributed by atoms with Crippen LogP contribution in [0.15, 0.2) is 12.4 Å². The van der Waals surface area contributed by atoms with E-state index >= 15 is 0 Å². The molecule has 11 heteroatoms. The Morgan fingerprint density at radius 3 is 2.64 bits per heavy atom. The molecule has 2 N–H and O–H groups in total. The van der Waals surface area contributed by atoms with Gasteiger partial charge in [0.2, 0.25) is 11.9 Å². The van der Waals surface area contributed by atoms with Crippen molar-refractivity contribution in [2.45, 2.75) is 64.6 Å². The van der Waals surface area contributed by atoms with Crippen molar-refractivity contribution in [2.24, 2.45) is 0 Å². The summed E-state index contributed by atoms with van der Waals surface area (Å²) in [6.45, 7) is 14.0. The summed E-state index contributed by atoms with van der Waals surface area (Å²) in [4.78, 5) is 37.7. The Morgan fingerprint density at radius 1 is 1.19 bits per heavy atom. The third kappa shape index (κ3) is 4.63. The molecule has 11 nitrogen and oxygen atoms in total. The van der Waals surface area contributed by atoms with Crippen LogP contribution >= 0.6 is 0 Å². The number of hydrogen-bond donors (Lipinski definition) is 1. The molecule has 3 aliphatic heterocycles. The van der Waals surface area contributed by atoms with E-state index in [1.165, 1.54) is 0 Å². The van der Waals surface area contributed by atoms with Gasteiger partial charge in [-0.05, 0) is 47.5 Å². The maximum Gasteiger partial charge on any atom is 0.410 e. The molecule has 0 aliphatic carbocycles. The summed E-state index contributed by atoms with van der Waals surface area (Å²) in [6, 6.07) is 0.159. The molecule has 2 atom stereocenters. The van der Waals surface area contributed by atoms with Crippen LogP contribution in [0.4, 0.5) is 22.5 Å². The molecule has 0 aromatic carbocycles. The first-order chi connectivity index (χ1) is 17.0. The Hall–Kier alpha value is -3.21. The predicted octanol–water partition coefficient (Wildman–Crippen LogP) is 2.50. The molecule has 1 amide bonds. The summed E-state index contributed by atoms with van der Waals surface area (Å²) >= 11 is 0.